The second-order valence-electron chi connectivity index (χ2n) is 4.71. The number of hydrogen-bond donors (Lipinski definition) is 1. The molecule has 1 rings (SSSR count). The molecular formula is C13H18N2O4. The Labute approximate surface area is 111 Å². The molecule has 0 aliphatic carbocycles. The molecule has 0 amide bonds. The highest BCUT2D eigenvalue weighted by Gasteiger charge is 2.18. The maximum Gasteiger partial charge on any atom is 0.317 e. The largest absolute Gasteiger partial charge is 0.480 e. The Bertz CT molecular complexity index is 486. The van der Waals surface area contributed by atoms with Gasteiger partial charge in [-0.2, -0.15) is 0 Å². The third-order valence-electron chi connectivity index (χ3n) is 3.06. The van der Waals surface area contributed by atoms with Crippen LogP contribution in [0, 0.1) is 17.0 Å². The molecule has 0 unspecified atom stereocenters. The quantitative estimate of drug-likeness (QED) is 0.630. The number of hydrogen-bond acceptors (Lipinski definition) is 4. The normalized spacial score (nSPS) is 11.0. The van der Waals surface area contributed by atoms with Gasteiger partial charge in [-0.05, 0) is 26.3 Å². The van der Waals surface area contributed by atoms with Crippen LogP contribution in [0.5, 0.6) is 0 Å². The van der Waals surface area contributed by atoms with E-state index < -0.39 is 10.9 Å². The molecule has 1 aromatic carbocycles. The fourth-order valence-corrected chi connectivity index (χ4v) is 1.85. The first kappa shape index (κ1) is 15.1. The summed E-state index contributed by atoms with van der Waals surface area (Å²) in [5.41, 5.74) is 1.43. The summed E-state index contributed by atoms with van der Waals surface area (Å²) in [4.78, 5) is 23.0. The van der Waals surface area contributed by atoms with E-state index in [-0.39, 0.29) is 18.3 Å². The first-order valence-corrected chi connectivity index (χ1v) is 6.01. The van der Waals surface area contributed by atoms with Crippen LogP contribution < -0.4 is 0 Å². The fraction of sp³-hybridized carbons (Fsp3) is 0.462. The first-order valence-electron chi connectivity index (χ1n) is 6.01. The van der Waals surface area contributed by atoms with Gasteiger partial charge >= 0.3 is 5.97 Å². The second kappa shape index (κ2) is 6.29. The van der Waals surface area contributed by atoms with Gasteiger partial charge in [0.25, 0.3) is 5.69 Å². The van der Waals surface area contributed by atoms with Gasteiger partial charge in [-0.15, -0.1) is 0 Å². The Kier molecular flexibility index (Phi) is 5.00. The summed E-state index contributed by atoms with van der Waals surface area (Å²) in [6, 6.07) is 4.92. The van der Waals surface area contributed by atoms with E-state index in [1.54, 1.807) is 24.0 Å². The molecule has 6 heteroatoms. The van der Waals surface area contributed by atoms with Gasteiger partial charge in [0.2, 0.25) is 0 Å². The third-order valence-corrected chi connectivity index (χ3v) is 3.06. The van der Waals surface area contributed by atoms with Crippen molar-refractivity contribution in [3.63, 3.8) is 0 Å². The number of carboxylic acid groups (broad SMARTS) is 1. The highest BCUT2D eigenvalue weighted by molar-refractivity contribution is 5.69. The molecule has 0 saturated heterocycles. The van der Waals surface area contributed by atoms with Crippen LogP contribution in [0.1, 0.15) is 25.0 Å². The van der Waals surface area contributed by atoms with Crippen LogP contribution in [0.4, 0.5) is 5.69 Å². The lowest BCUT2D eigenvalue weighted by Crippen LogP contribution is -2.35. The van der Waals surface area contributed by atoms with Crippen LogP contribution in [0.2, 0.25) is 0 Å². The van der Waals surface area contributed by atoms with E-state index in [4.69, 9.17) is 5.11 Å². The monoisotopic (exact) mass is 266 g/mol. The Balaban J connectivity index is 3.00. The number of nitro groups is 1. The van der Waals surface area contributed by atoms with Gasteiger partial charge in [-0.1, -0.05) is 12.1 Å². The maximum atomic E-state index is 10.9. The SMILES string of the molecule is Cc1c(CN(CC(=O)O)C(C)C)cccc1[N+](=O)[O-]. The van der Waals surface area contributed by atoms with Crippen molar-refractivity contribution in [2.24, 2.45) is 0 Å². The van der Waals surface area contributed by atoms with Crippen LogP contribution in [-0.2, 0) is 11.3 Å². The number of aliphatic carboxylic acids is 1. The Morgan fingerprint density at radius 2 is 2.11 bits per heavy atom. The van der Waals surface area contributed by atoms with Gasteiger partial charge in [0.05, 0.1) is 11.5 Å². The van der Waals surface area contributed by atoms with Gasteiger partial charge < -0.3 is 5.11 Å². The highest BCUT2D eigenvalue weighted by atomic mass is 16.6. The van der Waals surface area contributed by atoms with E-state index in [1.165, 1.54) is 6.07 Å². The van der Waals surface area contributed by atoms with E-state index in [0.717, 1.165) is 5.56 Å². The standard InChI is InChI=1S/C13H18N2O4/c1-9(2)14(8-13(16)17)7-11-5-4-6-12(10(11)3)15(18)19/h4-6,9H,7-8H2,1-3H3,(H,16,17). The lowest BCUT2D eigenvalue weighted by atomic mass is 10.1. The van der Waals surface area contributed by atoms with Gasteiger partial charge in [-0.3, -0.25) is 19.8 Å². The zero-order chi connectivity index (χ0) is 14.6. The molecule has 0 fully saturated rings. The molecule has 1 N–H and O–H groups in total. The summed E-state index contributed by atoms with van der Waals surface area (Å²) in [6.07, 6.45) is 0. The average molecular weight is 266 g/mol. The van der Waals surface area contributed by atoms with Crippen LogP contribution in [0.25, 0.3) is 0 Å². The van der Waals surface area contributed by atoms with Gasteiger partial charge in [0.15, 0.2) is 0 Å². The number of benzene rings is 1. The van der Waals surface area contributed by atoms with E-state index >= 15 is 0 Å². The summed E-state index contributed by atoms with van der Waals surface area (Å²) < 4.78 is 0. The molecule has 0 aromatic heterocycles. The smallest absolute Gasteiger partial charge is 0.317 e. The summed E-state index contributed by atoms with van der Waals surface area (Å²) >= 11 is 0. The van der Waals surface area contributed by atoms with Crippen molar-refractivity contribution in [3.8, 4) is 0 Å². The topological polar surface area (TPSA) is 83.7 Å². The molecule has 0 heterocycles. The summed E-state index contributed by atoms with van der Waals surface area (Å²) in [7, 11) is 0. The van der Waals surface area contributed by atoms with Crippen molar-refractivity contribution < 1.29 is 14.8 Å². The molecule has 0 aliphatic rings. The average Bonchev–Trinajstić information content (AvgIpc) is 2.29. The van der Waals surface area contributed by atoms with Gasteiger partial charge in [-0.25, -0.2) is 0 Å². The minimum atomic E-state index is -0.906. The van der Waals surface area contributed by atoms with Gasteiger partial charge in [0.1, 0.15) is 0 Å². The van der Waals surface area contributed by atoms with Crippen molar-refractivity contribution in [2.45, 2.75) is 33.4 Å². The van der Waals surface area contributed by atoms with Crippen molar-refractivity contribution in [1.82, 2.24) is 4.90 Å². The van der Waals surface area contributed by atoms with Crippen LogP contribution >= 0.6 is 0 Å². The predicted octanol–water partition coefficient (Wildman–Crippen LogP) is 2.20. The predicted molar refractivity (Wildman–Crippen MR) is 71.0 cm³/mol. The molecule has 0 saturated carbocycles. The van der Waals surface area contributed by atoms with Crippen LogP contribution in [-0.4, -0.2) is 33.5 Å². The zero-order valence-corrected chi connectivity index (χ0v) is 11.3. The number of carbonyl (C=O) groups is 1. The number of rotatable bonds is 6. The molecule has 104 valence electrons. The number of nitrogens with zero attached hydrogens (tertiary/aromatic N) is 2. The molecule has 1 aromatic rings. The molecule has 0 bridgehead atoms. The zero-order valence-electron chi connectivity index (χ0n) is 11.3. The van der Waals surface area contributed by atoms with Crippen LogP contribution in [0.15, 0.2) is 18.2 Å². The number of carboxylic acids is 1. The lowest BCUT2D eigenvalue weighted by molar-refractivity contribution is -0.385. The molecule has 0 radical (unpaired) electrons. The summed E-state index contributed by atoms with van der Waals surface area (Å²) in [5.74, 6) is -0.906. The van der Waals surface area contributed by atoms with E-state index in [1.807, 2.05) is 13.8 Å². The first-order chi connectivity index (χ1) is 8.82. The minimum absolute atomic E-state index is 0.0507. The lowest BCUT2D eigenvalue weighted by Gasteiger charge is -2.25. The van der Waals surface area contributed by atoms with Gasteiger partial charge in [0, 0.05) is 24.2 Å². The molecule has 19 heavy (non-hydrogen) atoms. The summed E-state index contributed by atoms with van der Waals surface area (Å²) in [6.45, 7) is 5.79. The Hall–Kier alpha value is -1.95. The minimum Gasteiger partial charge on any atom is -0.480 e. The highest BCUT2D eigenvalue weighted by Crippen LogP contribution is 2.22. The maximum absolute atomic E-state index is 10.9. The van der Waals surface area contributed by atoms with E-state index in [2.05, 4.69) is 0 Å². The third kappa shape index (κ3) is 4.03. The molecule has 0 aliphatic heterocycles. The Morgan fingerprint density at radius 1 is 1.47 bits per heavy atom. The van der Waals surface area contributed by atoms with Crippen molar-refractivity contribution in [1.29, 1.82) is 0 Å². The Morgan fingerprint density at radius 3 is 2.58 bits per heavy atom. The van der Waals surface area contributed by atoms with Crippen molar-refractivity contribution in [2.75, 3.05) is 6.54 Å². The van der Waals surface area contributed by atoms with Crippen molar-refractivity contribution in [3.05, 3.63) is 39.4 Å². The molecular weight excluding hydrogens is 248 g/mol. The molecule has 0 atom stereocenters. The number of nitro benzene ring substituents is 1. The molecule has 0 spiro atoms. The van der Waals surface area contributed by atoms with E-state index in [9.17, 15) is 14.9 Å². The van der Waals surface area contributed by atoms with Crippen LogP contribution in [0.3, 0.4) is 0 Å². The summed E-state index contributed by atoms with van der Waals surface area (Å²) in [5, 5.41) is 19.7. The van der Waals surface area contributed by atoms with E-state index in [0.29, 0.717) is 12.1 Å². The molecule has 6 nitrogen and oxygen atoms in total. The van der Waals surface area contributed by atoms with Crippen molar-refractivity contribution >= 4 is 11.7 Å². The fourth-order valence-electron chi connectivity index (χ4n) is 1.85. The second-order valence-corrected chi connectivity index (χ2v) is 4.71.